The Morgan fingerprint density at radius 1 is 0.966 bits per heavy atom. The number of carbonyl (C=O) groups is 1. The summed E-state index contributed by atoms with van der Waals surface area (Å²) in [6.07, 6.45) is 3.62. The largest absolute Gasteiger partial charge is 0.336 e. The highest BCUT2D eigenvalue weighted by Crippen LogP contribution is 2.25. The van der Waals surface area contributed by atoms with Crippen LogP contribution >= 0.6 is 11.8 Å². The summed E-state index contributed by atoms with van der Waals surface area (Å²) >= 11 is 1.48. The van der Waals surface area contributed by atoms with E-state index in [0.717, 1.165) is 25.2 Å². The molecule has 1 aromatic heterocycles. The van der Waals surface area contributed by atoms with Crippen molar-refractivity contribution in [1.82, 2.24) is 19.8 Å². The molecule has 0 bridgehead atoms. The molecule has 0 saturated carbocycles. The number of thioether (sulfide) groups is 1. The molecule has 0 atom stereocenters. The van der Waals surface area contributed by atoms with Crippen molar-refractivity contribution in [3.8, 4) is 11.3 Å². The predicted octanol–water partition coefficient (Wildman–Crippen LogP) is 3.82. The van der Waals surface area contributed by atoms with Gasteiger partial charge in [0.15, 0.2) is 5.16 Å². The van der Waals surface area contributed by atoms with E-state index in [1.54, 1.807) is 6.20 Å². The van der Waals surface area contributed by atoms with E-state index < -0.39 is 0 Å². The first-order chi connectivity index (χ1) is 14.2. The Hall–Kier alpha value is -2.70. The summed E-state index contributed by atoms with van der Waals surface area (Å²) in [7, 11) is 0. The molecule has 1 fully saturated rings. The van der Waals surface area contributed by atoms with Crippen LogP contribution in [0, 0.1) is 0 Å². The fourth-order valence-electron chi connectivity index (χ4n) is 3.56. The van der Waals surface area contributed by atoms with Gasteiger partial charge in [-0.3, -0.25) is 9.69 Å². The molecule has 0 N–H and O–H groups in total. The Bertz CT molecular complexity index is 957. The van der Waals surface area contributed by atoms with Gasteiger partial charge >= 0.3 is 0 Å². The lowest BCUT2D eigenvalue weighted by atomic mass is 10.1. The Balaban J connectivity index is 1.49. The van der Waals surface area contributed by atoms with Gasteiger partial charge in [0.2, 0.25) is 0 Å². The lowest BCUT2D eigenvalue weighted by molar-refractivity contribution is 0.0628. The van der Waals surface area contributed by atoms with E-state index in [1.807, 2.05) is 47.6 Å². The Labute approximate surface area is 175 Å². The zero-order valence-electron chi connectivity index (χ0n) is 16.5. The molecule has 1 aliphatic rings. The van der Waals surface area contributed by atoms with Crippen LogP contribution in [0.25, 0.3) is 11.3 Å². The van der Waals surface area contributed by atoms with Crippen LogP contribution in [0.15, 0.2) is 72.0 Å². The maximum Gasteiger partial charge on any atom is 0.257 e. The van der Waals surface area contributed by atoms with E-state index >= 15 is 0 Å². The van der Waals surface area contributed by atoms with E-state index in [4.69, 9.17) is 0 Å². The van der Waals surface area contributed by atoms with Crippen LogP contribution in [0.2, 0.25) is 0 Å². The molecule has 5 nitrogen and oxygen atoms in total. The van der Waals surface area contributed by atoms with Gasteiger partial charge < -0.3 is 4.90 Å². The Morgan fingerprint density at radius 2 is 1.62 bits per heavy atom. The third-order valence-electron chi connectivity index (χ3n) is 5.14. The van der Waals surface area contributed by atoms with Gasteiger partial charge in [-0.1, -0.05) is 72.4 Å². The number of piperazine rings is 1. The summed E-state index contributed by atoms with van der Waals surface area (Å²) in [5.74, 6) is 0.0101. The average Bonchev–Trinajstić information content (AvgIpc) is 2.80. The number of nitrogens with zero attached hydrogens (tertiary/aromatic N) is 4. The molecule has 1 saturated heterocycles. The maximum atomic E-state index is 13.3. The van der Waals surface area contributed by atoms with E-state index in [-0.39, 0.29) is 5.91 Å². The predicted molar refractivity (Wildman–Crippen MR) is 117 cm³/mol. The first-order valence-corrected chi connectivity index (χ1v) is 11.0. The van der Waals surface area contributed by atoms with Gasteiger partial charge in [0.05, 0.1) is 11.3 Å². The summed E-state index contributed by atoms with van der Waals surface area (Å²) in [5, 5.41) is 0.674. The highest BCUT2D eigenvalue weighted by molar-refractivity contribution is 7.98. The van der Waals surface area contributed by atoms with Crippen molar-refractivity contribution in [1.29, 1.82) is 0 Å². The van der Waals surface area contributed by atoms with Crippen LogP contribution in [0.3, 0.4) is 0 Å². The summed E-state index contributed by atoms with van der Waals surface area (Å²) in [5.41, 5.74) is 3.53. The molecule has 2 heterocycles. The van der Waals surface area contributed by atoms with Crippen molar-refractivity contribution < 1.29 is 4.79 Å². The topological polar surface area (TPSA) is 49.3 Å². The molecule has 3 aromatic rings. The highest BCUT2D eigenvalue weighted by atomic mass is 32.2. The van der Waals surface area contributed by atoms with E-state index in [1.165, 1.54) is 17.3 Å². The highest BCUT2D eigenvalue weighted by Gasteiger charge is 2.25. The summed E-state index contributed by atoms with van der Waals surface area (Å²) < 4.78 is 0. The third kappa shape index (κ3) is 4.66. The standard InChI is InChI=1S/C23H24N4OS/c1-29-23-24-16-20(21(25-23)19-10-6-3-7-11-19)22(28)27-14-12-26(13-15-27)17-18-8-4-2-5-9-18/h2-11,16H,12-15,17H2,1H3. The van der Waals surface area contributed by atoms with Crippen LogP contribution in [-0.2, 0) is 6.54 Å². The maximum absolute atomic E-state index is 13.3. The number of hydrogen-bond donors (Lipinski definition) is 0. The van der Waals surface area contributed by atoms with Gasteiger partial charge in [-0.25, -0.2) is 9.97 Å². The van der Waals surface area contributed by atoms with Crippen molar-refractivity contribution in [2.24, 2.45) is 0 Å². The minimum atomic E-state index is 0.0101. The smallest absolute Gasteiger partial charge is 0.257 e. The number of hydrogen-bond acceptors (Lipinski definition) is 5. The normalized spacial score (nSPS) is 14.7. The minimum Gasteiger partial charge on any atom is -0.336 e. The lowest BCUT2D eigenvalue weighted by Crippen LogP contribution is -2.48. The van der Waals surface area contributed by atoms with Gasteiger partial charge in [-0.05, 0) is 11.8 Å². The molecule has 6 heteroatoms. The molecule has 0 unspecified atom stereocenters. The summed E-state index contributed by atoms with van der Waals surface area (Å²) in [6, 6.07) is 20.3. The lowest BCUT2D eigenvalue weighted by Gasteiger charge is -2.35. The van der Waals surface area contributed by atoms with Gasteiger partial charge in [0, 0.05) is 44.5 Å². The molecule has 0 spiro atoms. The molecule has 4 rings (SSSR count). The molecule has 0 aliphatic carbocycles. The van der Waals surface area contributed by atoms with Gasteiger partial charge in [-0.2, -0.15) is 0 Å². The summed E-state index contributed by atoms with van der Waals surface area (Å²) in [4.78, 5) is 26.6. The van der Waals surface area contributed by atoms with Crippen molar-refractivity contribution >= 4 is 17.7 Å². The van der Waals surface area contributed by atoms with Crippen LogP contribution in [0.4, 0.5) is 0 Å². The Kier molecular flexibility index (Phi) is 6.22. The third-order valence-corrected chi connectivity index (χ3v) is 5.70. The van der Waals surface area contributed by atoms with Crippen molar-refractivity contribution in [2.75, 3.05) is 32.4 Å². The fraction of sp³-hybridized carbons (Fsp3) is 0.261. The SMILES string of the molecule is CSc1ncc(C(=O)N2CCN(Cc3ccccc3)CC2)c(-c2ccccc2)n1. The summed E-state index contributed by atoms with van der Waals surface area (Å²) in [6.45, 7) is 4.08. The zero-order valence-corrected chi connectivity index (χ0v) is 17.3. The molecule has 0 radical (unpaired) electrons. The fourth-order valence-corrected chi connectivity index (χ4v) is 3.90. The Morgan fingerprint density at radius 3 is 2.28 bits per heavy atom. The monoisotopic (exact) mass is 404 g/mol. The minimum absolute atomic E-state index is 0.0101. The van der Waals surface area contributed by atoms with Gasteiger partial charge in [-0.15, -0.1) is 0 Å². The van der Waals surface area contributed by atoms with Crippen molar-refractivity contribution in [2.45, 2.75) is 11.7 Å². The zero-order chi connectivity index (χ0) is 20.1. The van der Waals surface area contributed by atoms with E-state index in [2.05, 4.69) is 39.1 Å². The second-order valence-electron chi connectivity index (χ2n) is 7.04. The second kappa shape index (κ2) is 9.20. The van der Waals surface area contributed by atoms with Crippen LogP contribution < -0.4 is 0 Å². The molecular weight excluding hydrogens is 380 g/mol. The van der Waals surface area contributed by atoms with E-state index in [0.29, 0.717) is 29.5 Å². The average molecular weight is 405 g/mol. The molecule has 1 aliphatic heterocycles. The molecular formula is C23H24N4OS. The van der Waals surface area contributed by atoms with Crippen molar-refractivity contribution in [3.05, 3.63) is 78.0 Å². The second-order valence-corrected chi connectivity index (χ2v) is 7.81. The van der Waals surface area contributed by atoms with Gasteiger partial charge in [0.1, 0.15) is 0 Å². The number of carbonyl (C=O) groups excluding carboxylic acids is 1. The van der Waals surface area contributed by atoms with Crippen LogP contribution in [0.1, 0.15) is 15.9 Å². The first kappa shape index (κ1) is 19.6. The van der Waals surface area contributed by atoms with Gasteiger partial charge in [0.25, 0.3) is 5.91 Å². The number of benzene rings is 2. The number of amides is 1. The quantitative estimate of drug-likeness (QED) is 0.478. The van der Waals surface area contributed by atoms with E-state index in [9.17, 15) is 4.79 Å². The molecule has 29 heavy (non-hydrogen) atoms. The first-order valence-electron chi connectivity index (χ1n) is 9.76. The van der Waals surface area contributed by atoms with Crippen LogP contribution in [0.5, 0.6) is 0 Å². The number of aromatic nitrogens is 2. The molecule has 148 valence electrons. The number of rotatable bonds is 5. The molecule has 1 amide bonds. The van der Waals surface area contributed by atoms with Crippen molar-refractivity contribution in [3.63, 3.8) is 0 Å². The molecule has 2 aromatic carbocycles. The van der Waals surface area contributed by atoms with Crippen LogP contribution in [-0.4, -0.2) is 58.1 Å².